The van der Waals surface area contributed by atoms with E-state index in [9.17, 15) is 9.18 Å². The molecule has 2 aromatic rings. The summed E-state index contributed by atoms with van der Waals surface area (Å²) in [5.74, 6) is -0.784. The SMILES string of the molecule is COC1CN(CCn2ncnn2)CCC1CON(C(C)=O)c1ccccc1F. The number of piperidine rings is 1. The van der Waals surface area contributed by atoms with Crippen molar-refractivity contribution in [1.29, 1.82) is 0 Å². The highest BCUT2D eigenvalue weighted by Crippen LogP contribution is 2.24. The van der Waals surface area contributed by atoms with Crippen molar-refractivity contribution in [2.24, 2.45) is 5.92 Å². The fraction of sp³-hybridized carbons (Fsp3) is 0.556. The smallest absolute Gasteiger partial charge is 0.247 e. The number of hydrogen-bond donors (Lipinski definition) is 0. The number of amides is 1. The number of tetrazole rings is 1. The molecular formula is C18H25FN6O3. The summed E-state index contributed by atoms with van der Waals surface area (Å²) < 4.78 is 19.7. The number of likely N-dealkylation sites (tertiary alicyclic amines) is 1. The summed E-state index contributed by atoms with van der Waals surface area (Å²) in [6.07, 6.45) is 2.20. The summed E-state index contributed by atoms with van der Waals surface area (Å²) in [5, 5.41) is 12.6. The van der Waals surface area contributed by atoms with Crippen LogP contribution in [0.15, 0.2) is 30.6 Å². The van der Waals surface area contributed by atoms with Gasteiger partial charge in [-0.05, 0) is 30.3 Å². The van der Waals surface area contributed by atoms with Gasteiger partial charge in [0.25, 0.3) is 0 Å². The Morgan fingerprint density at radius 2 is 2.18 bits per heavy atom. The minimum absolute atomic E-state index is 0.0492. The largest absolute Gasteiger partial charge is 0.380 e. The number of halogens is 1. The molecule has 1 fully saturated rings. The van der Waals surface area contributed by atoms with Crippen molar-refractivity contribution < 1.29 is 18.8 Å². The zero-order valence-electron chi connectivity index (χ0n) is 16.1. The molecule has 0 spiro atoms. The van der Waals surface area contributed by atoms with E-state index in [0.29, 0.717) is 6.54 Å². The van der Waals surface area contributed by atoms with E-state index in [1.165, 1.54) is 25.4 Å². The molecule has 0 N–H and O–H groups in total. The summed E-state index contributed by atoms with van der Waals surface area (Å²) in [6, 6.07) is 6.06. The first-order valence-corrected chi connectivity index (χ1v) is 9.22. The highest BCUT2D eigenvalue weighted by Gasteiger charge is 2.31. The van der Waals surface area contributed by atoms with Gasteiger partial charge in [0, 0.05) is 33.0 Å². The zero-order valence-corrected chi connectivity index (χ0v) is 16.1. The van der Waals surface area contributed by atoms with Crippen LogP contribution in [-0.4, -0.2) is 70.5 Å². The van der Waals surface area contributed by atoms with Crippen LogP contribution in [0, 0.1) is 11.7 Å². The first-order chi connectivity index (χ1) is 13.6. The lowest BCUT2D eigenvalue weighted by Gasteiger charge is -2.38. The summed E-state index contributed by atoms with van der Waals surface area (Å²) >= 11 is 0. The van der Waals surface area contributed by atoms with Gasteiger partial charge in [-0.1, -0.05) is 12.1 Å². The van der Waals surface area contributed by atoms with Gasteiger partial charge in [-0.2, -0.15) is 9.86 Å². The molecular weight excluding hydrogens is 367 g/mol. The number of hydroxylamine groups is 1. The average Bonchev–Trinajstić information content (AvgIpc) is 3.21. The number of ether oxygens (including phenoxy) is 1. The fourth-order valence-corrected chi connectivity index (χ4v) is 3.33. The van der Waals surface area contributed by atoms with Gasteiger partial charge < -0.3 is 4.74 Å². The van der Waals surface area contributed by atoms with E-state index in [0.717, 1.165) is 31.1 Å². The number of para-hydroxylation sites is 1. The Balaban J connectivity index is 1.55. The maximum Gasteiger partial charge on any atom is 0.247 e. The first-order valence-electron chi connectivity index (χ1n) is 9.22. The van der Waals surface area contributed by atoms with Gasteiger partial charge in [-0.25, -0.2) is 4.39 Å². The van der Waals surface area contributed by atoms with Crippen LogP contribution < -0.4 is 5.06 Å². The van der Waals surface area contributed by atoms with Gasteiger partial charge in [0.15, 0.2) is 6.33 Å². The summed E-state index contributed by atoms with van der Waals surface area (Å²) in [5.41, 5.74) is 0.113. The zero-order chi connectivity index (χ0) is 19.9. The monoisotopic (exact) mass is 392 g/mol. The van der Waals surface area contributed by atoms with Gasteiger partial charge in [0.1, 0.15) is 11.5 Å². The molecule has 1 aromatic carbocycles. The molecule has 1 amide bonds. The highest BCUT2D eigenvalue weighted by molar-refractivity contribution is 5.89. The summed E-state index contributed by atoms with van der Waals surface area (Å²) in [4.78, 5) is 21.5. The molecule has 10 heteroatoms. The fourth-order valence-electron chi connectivity index (χ4n) is 3.33. The van der Waals surface area contributed by atoms with Crippen LogP contribution >= 0.6 is 0 Å². The highest BCUT2D eigenvalue weighted by atomic mass is 19.1. The molecule has 0 bridgehead atoms. The van der Waals surface area contributed by atoms with Crippen LogP contribution in [0.3, 0.4) is 0 Å². The molecule has 28 heavy (non-hydrogen) atoms. The topological polar surface area (TPSA) is 85.6 Å². The number of carbonyl (C=O) groups is 1. The van der Waals surface area contributed by atoms with E-state index in [1.54, 1.807) is 24.0 Å². The van der Waals surface area contributed by atoms with Crippen LogP contribution in [-0.2, 0) is 20.9 Å². The van der Waals surface area contributed by atoms with E-state index >= 15 is 0 Å². The minimum Gasteiger partial charge on any atom is -0.380 e. The Labute approximate surface area is 163 Å². The minimum atomic E-state index is -0.502. The van der Waals surface area contributed by atoms with E-state index in [1.807, 2.05) is 0 Å². The van der Waals surface area contributed by atoms with Crippen molar-refractivity contribution in [1.82, 2.24) is 25.1 Å². The van der Waals surface area contributed by atoms with Gasteiger partial charge in [0.2, 0.25) is 5.91 Å². The van der Waals surface area contributed by atoms with Crippen LogP contribution in [0.2, 0.25) is 0 Å². The normalized spacial score (nSPS) is 20.2. The van der Waals surface area contributed by atoms with Crippen molar-refractivity contribution in [3.05, 3.63) is 36.4 Å². The van der Waals surface area contributed by atoms with Crippen molar-refractivity contribution in [3.63, 3.8) is 0 Å². The van der Waals surface area contributed by atoms with E-state index in [2.05, 4.69) is 20.3 Å². The van der Waals surface area contributed by atoms with Crippen molar-refractivity contribution in [2.45, 2.75) is 26.0 Å². The lowest BCUT2D eigenvalue weighted by Crippen LogP contribution is -2.48. The van der Waals surface area contributed by atoms with Crippen molar-refractivity contribution in [3.8, 4) is 0 Å². The second kappa shape index (κ2) is 9.67. The molecule has 2 heterocycles. The molecule has 1 aliphatic rings. The Bertz CT molecular complexity index is 760. The van der Waals surface area contributed by atoms with Gasteiger partial charge in [0.05, 0.1) is 19.3 Å². The third-order valence-corrected chi connectivity index (χ3v) is 4.87. The van der Waals surface area contributed by atoms with Crippen LogP contribution in [0.5, 0.6) is 0 Å². The quantitative estimate of drug-likeness (QED) is 0.623. The summed E-state index contributed by atoms with van der Waals surface area (Å²) in [6.45, 7) is 4.66. The number of methoxy groups -OCH3 is 1. The molecule has 1 aromatic heterocycles. The van der Waals surface area contributed by atoms with Crippen molar-refractivity contribution >= 4 is 11.6 Å². The molecule has 1 aliphatic heterocycles. The Kier molecular flexibility index (Phi) is 7.01. The van der Waals surface area contributed by atoms with Gasteiger partial charge >= 0.3 is 0 Å². The van der Waals surface area contributed by atoms with E-state index < -0.39 is 5.82 Å². The van der Waals surface area contributed by atoms with Crippen LogP contribution in [0.4, 0.5) is 10.1 Å². The Morgan fingerprint density at radius 1 is 1.36 bits per heavy atom. The molecule has 1 saturated heterocycles. The number of hydrogen-bond acceptors (Lipinski definition) is 7. The number of carbonyl (C=O) groups excluding carboxylic acids is 1. The maximum atomic E-state index is 14.0. The lowest BCUT2D eigenvalue weighted by molar-refractivity contribution is -0.126. The Morgan fingerprint density at radius 3 is 2.86 bits per heavy atom. The molecule has 0 radical (unpaired) electrons. The third kappa shape index (κ3) is 5.09. The van der Waals surface area contributed by atoms with Gasteiger partial charge in [-0.15, -0.1) is 10.2 Å². The predicted octanol–water partition coefficient (Wildman–Crippen LogP) is 1.13. The first kappa shape index (κ1) is 20.3. The molecule has 0 aliphatic carbocycles. The third-order valence-electron chi connectivity index (χ3n) is 4.87. The van der Waals surface area contributed by atoms with Crippen LogP contribution in [0.25, 0.3) is 0 Å². The van der Waals surface area contributed by atoms with E-state index in [-0.39, 0.29) is 30.2 Å². The second-order valence-electron chi connectivity index (χ2n) is 6.72. The number of nitrogens with zero attached hydrogens (tertiary/aromatic N) is 6. The number of benzene rings is 1. The van der Waals surface area contributed by atoms with Crippen molar-refractivity contribution in [2.75, 3.05) is 38.4 Å². The molecule has 2 unspecified atom stereocenters. The van der Waals surface area contributed by atoms with Crippen LogP contribution in [0.1, 0.15) is 13.3 Å². The van der Waals surface area contributed by atoms with E-state index in [4.69, 9.17) is 9.57 Å². The second-order valence-corrected chi connectivity index (χ2v) is 6.72. The number of anilines is 1. The number of rotatable bonds is 8. The molecule has 3 rings (SSSR count). The average molecular weight is 392 g/mol. The lowest BCUT2D eigenvalue weighted by atomic mass is 9.94. The number of aromatic nitrogens is 4. The van der Waals surface area contributed by atoms with Gasteiger partial charge in [-0.3, -0.25) is 14.5 Å². The molecule has 0 saturated carbocycles. The molecule has 9 nitrogen and oxygen atoms in total. The summed E-state index contributed by atoms with van der Waals surface area (Å²) in [7, 11) is 1.67. The standard InChI is InChI=1S/C18H25FN6O3/c1-14(26)25(17-6-4-3-5-16(17)19)28-12-15-7-8-23(11-18(15)27-2)9-10-24-21-13-20-22-24/h3-6,13,15,18H,7-12H2,1-2H3. The maximum absolute atomic E-state index is 14.0. The predicted molar refractivity (Wildman–Crippen MR) is 98.7 cm³/mol. The Hall–Kier alpha value is -2.43. The molecule has 152 valence electrons. The molecule has 2 atom stereocenters.